The van der Waals surface area contributed by atoms with E-state index in [2.05, 4.69) is 15.5 Å². The van der Waals surface area contributed by atoms with E-state index < -0.39 is 6.10 Å². The minimum absolute atomic E-state index is 0.0843. The van der Waals surface area contributed by atoms with E-state index in [1.165, 1.54) is 0 Å². The highest BCUT2D eigenvalue weighted by atomic mass is 16.5. The highest BCUT2D eigenvalue weighted by Crippen LogP contribution is 2.29. The smallest absolute Gasteiger partial charge is 0.267 e. The van der Waals surface area contributed by atoms with E-state index in [0.717, 1.165) is 16.5 Å². The molecule has 0 saturated carbocycles. The number of carbonyl (C=O) groups is 1. The molecular formula is C17H17N3O3. The fourth-order valence-corrected chi connectivity index (χ4v) is 2.28. The minimum Gasteiger partial charge on any atom is -0.480 e. The van der Waals surface area contributed by atoms with Gasteiger partial charge in [-0.25, -0.2) is 0 Å². The number of fused-ring (bicyclic) bond motifs is 1. The zero-order valence-corrected chi connectivity index (χ0v) is 12.9. The summed E-state index contributed by atoms with van der Waals surface area (Å²) in [6.45, 7) is 1.83. The third-order valence-electron chi connectivity index (χ3n) is 3.48. The molecule has 0 aliphatic carbocycles. The average molecular weight is 311 g/mol. The lowest BCUT2D eigenvalue weighted by molar-refractivity contribution is -0.120. The third kappa shape index (κ3) is 3.31. The van der Waals surface area contributed by atoms with E-state index in [4.69, 9.17) is 9.26 Å². The number of nitrogens with zero attached hydrogens (tertiary/aromatic N) is 2. The maximum atomic E-state index is 11.3. The van der Waals surface area contributed by atoms with Gasteiger partial charge in [0.25, 0.3) is 5.89 Å². The SMILES string of the molecule is CNC(=O)Cc1noc([C@@H](C)Oc2cccc3ccccc23)n1. The van der Waals surface area contributed by atoms with E-state index in [1.807, 2.05) is 49.4 Å². The molecule has 0 saturated heterocycles. The number of amides is 1. The summed E-state index contributed by atoms with van der Waals surface area (Å²) in [5.74, 6) is 1.27. The molecule has 6 heteroatoms. The van der Waals surface area contributed by atoms with Gasteiger partial charge in [-0.15, -0.1) is 0 Å². The van der Waals surface area contributed by atoms with E-state index in [1.54, 1.807) is 7.05 Å². The van der Waals surface area contributed by atoms with Crippen molar-refractivity contribution >= 4 is 16.7 Å². The first-order chi connectivity index (χ1) is 11.2. The van der Waals surface area contributed by atoms with Gasteiger partial charge in [-0.3, -0.25) is 4.79 Å². The first kappa shape index (κ1) is 15.0. The Morgan fingerprint density at radius 1 is 1.26 bits per heavy atom. The lowest BCUT2D eigenvalue weighted by Crippen LogP contribution is -2.20. The standard InChI is InChI=1S/C17H17N3O3/c1-11(17-19-15(20-23-17)10-16(21)18-2)22-14-9-5-7-12-6-3-4-8-13(12)14/h3-9,11H,10H2,1-2H3,(H,18,21)/t11-/m1/s1. The molecule has 0 bridgehead atoms. The summed E-state index contributed by atoms with van der Waals surface area (Å²) in [5.41, 5.74) is 0. The van der Waals surface area contributed by atoms with Gasteiger partial charge in [-0.2, -0.15) is 4.98 Å². The molecule has 1 amide bonds. The Kier molecular flexibility index (Phi) is 4.23. The van der Waals surface area contributed by atoms with Gasteiger partial charge in [0.2, 0.25) is 5.91 Å². The Labute approximate surface area is 133 Å². The Bertz CT molecular complexity index is 823. The molecule has 6 nitrogen and oxygen atoms in total. The lowest BCUT2D eigenvalue weighted by Gasteiger charge is -2.12. The van der Waals surface area contributed by atoms with Crippen LogP contribution in [0.1, 0.15) is 24.7 Å². The second-order valence-electron chi connectivity index (χ2n) is 5.14. The van der Waals surface area contributed by atoms with Crippen molar-refractivity contribution in [3.63, 3.8) is 0 Å². The molecule has 1 atom stereocenters. The first-order valence-electron chi connectivity index (χ1n) is 7.35. The van der Waals surface area contributed by atoms with Gasteiger partial charge in [-0.1, -0.05) is 41.6 Å². The molecule has 3 aromatic rings. The molecule has 23 heavy (non-hydrogen) atoms. The fraction of sp³-hybridized carbons (Fsp3) is 0.235. The van der Waals surface area contributed by atoms with Crippen LogP contribution in [0, 0.1) is 0 Å². The molecule has 1 aromatic heterocycles. The molecule has 0 unspecified atom stereocenters. The summed E-state index contributed by atoms with van der Waals surface area (Å²) in [6, 6.07) is 13.9. The molecule has 118 valence electrons. The zero-order valence-electron chi connectivity index (χ0n) is 12.9. The summed E-state index contributed by atoms with van der Waals surface area (Å²) in [5, 5.41) is 8.44. The average Bonchev–Trinajstić information content (AvgIpc) is 3.03. The Balaban J connectivity index is 1.78. The summed E-state index contributed by atoms with van der Waals surface area (Å²) in [7, 11) is 1.57. The second-order valence-corrected chi connectivity index (χ2v) is 5.14. The number of hydrogen-bond acceptors (Lipinski definition) is 5. The third-order valence-corrected chi connectivity index (χ3v) is 3.48. The van der Waals surface area contributed by atoms with Crippen molar-refractivity contribution in [2.45, 2.75) is 19.4 Å². The van der Waals surface area contributed by atoms with Gasteiger partial charge in [0.1, 0.15) is 5.75 Å². The number of aromatic nitrogens is 2. The fourth-order valence-electron chi connectivity index (χ4n) is 2.28. The normalized spacial score (nSPS) is 12.1. The monoisotopic (exact) mass is 311 g/mol. The van der Waals surface area contributed by atoms with Crippen molar-refractivity contribution in [3.8, 4) is 5.75 Å². The molecule has 3 rings (SSSR count). The first-order valence-corrected chi connectivity index (χ1v) is 7.35. The van der Waals surface area contributed by atoms with Crippen LogP contribution in [0.25, 0.3) is 10.8 Å². The van der Waals surface area contributed by atoms with Crippen molar-refractivity contribution in [1.82, 2.24) is 15.5 Å². The number of rotatable bonds is 5. The van der Waals surface area contributed by atoms with Crippen molar-refractivity contribution < 1.29 is 14.1 Å². The van der Waals surface area contributed by atoms with Crippen LogP contribution in [0.2, 0.25) is 0 Å². The second kappa shape index (κ2) is 6.48. The topological polar surface area (TPSA) is 77.2 Å². The highest BCUT2D eigenvalue weighted by molar-refractivity contribution is 5.88. The Morgan fingerprint density at radius 2 is 2.04 bits per heavy atom. The van der Waals surface area contributed by atoms with E-state index in [0.29, 0.717) is 11.7 Å². The summed E-state index contributed by atoms with van der Waals surface area (Å²) in [6.07, 6.45) is -0.326. The molecule has 0 aliphatic heterocycles. The van der Waals surface area contributed by atoms with Gasteiger partial charge >= 0.3 is 0 Å². The van der Waals surface area contributed by atoms with E-state index in [9.17, 15) is 4.79 Å². The summed E-state index contributed by atoms with van der Waals surface area (Å²) in [4.78, 5) is 15.5. The van der Waals surface area contributed by atoms with Crippen LogP contribution in [0.15, 0.2) is 47.0 Å². The van der Waals surface area contributed by atoms with Crippen molar-refractivity contribution in [2.24, 2.45) is 0 Å². The van der Waals surface area contributed by atoms with Gasteiger partial charge in [-0.05, 0) is 18.4 Å². The van der Waals surface area contributed by atoms with Gasteiger partial charge in [0, 0.05) is 12.4 Å². The van der Waals surface area contributed by atoms with Crippen LogP contribution < -0.4 is 10.1 Å². The van der Waals surface area contributed by atoms with Gasteiger partial charge in [0.05, 0.1) is 6.42 Å². The van der Waals surface area contributed by atoms with E-state index in [-0.39, 0.29) is 12.3 Å². The molecule has 2 aromatic carbocycles. The lowest BCUT2D eigenvalue weighted by atomic mass is 10.1. The van der Waals surface area contributed by atoms with Crippen LogP contribution in [0.3, 0.4) is 0 Å². The summed E-state index contributed by atoms with van der Waals surface area (Å²) < 4.78 is 11.2. The summed E-state index contributed by atoms with van der Waals surface area (Å²) >= 11 is 0. The highest BCUT2D eigenvalue weighted by Gasteiger charge is 2.18. The molecule has 0 spiro atoms. The van der Waals surface area contributed by atoms with Crippen LogP contribution in [0.4, 0.5) is 0 Å². The molecule has 1 heterocycles. The predicted octanol–water partition coefficient (Wildman–Crippen LogP) is 2.65. The number of carbonyl (C=O) groups excluding carboxylic acids is 1. The van der Waals surface area contributed by atoms with E-state index >= 15 is 0 Å². The maximum absolute atomic E-state index is 11.3. The quantitative estimate of drug-likeness (QED) is 0.784. The number of likely N-dealkylation sites (N-methyl/N-ethyl adjacent to an activating group) is 1. The number of benzene rings is 2. The van der Waals surface area contributed by atoms with Crippen molar-refractivity contribution in [2.75, 3.05) is 7.05 Å². The van der Waals surface area contributed by atoms with Crippen LogP contribution in [0.5, 0.6) is 5.75 Å². The van der Waals surface area contributed by atoms with Gasteiger partial charge < -0.3 is 14.6 Å². The van der Waals surface area contributed by atoms with Crippen molar-refractivity contribution in [3.05, 3.63) is 54.2 Å². The van der Waals surface area contributed by atoms with Crippen molar-refractivity contribution in [1.29, 1.82) is 0 Å². The zero-order chi connectivity index (χ0) is 16.2. The molecule has 1 N–H and O–H groups in total. The van der Waals surface area contributed by atoms with Crippen LogP contribution in [-0.4, -0.2) is 23.1 Å². The minimum atomic E-state index is -0.410. The molecular weight excluding hydrogens is 294 g/mol. The number of nitrogens with one attached hydrogen (secondary N) is 1. The van der Waals surface area contributed by atoms with Gasteiger partial charge in [0.15, 0.2) is 11.9 Å². The Morgan fingerprint density at radius 3 is 2.87 bits per heavy atom. The number of hydrogen-bond donors (Lipinski definition) is 1. The maximum Gasteiger partial charge on any atom is 0.267 e. The van der Waals surface area contributed by atoms with Crippen LogP contribution in [-0.2, 0) is 11.2 Å². The van der Waals surface area contributed by atoms with Crippen LogP contribution >= 0.6 is 0 Å². The molecule has 0 radical (unpaired) electrons. The molecule has 0 fully saturated rings. The molecule has 0 aliphatic rings. The number of ether oxygens (including phenoxy) is 1. The largest absolute Gasteiger partial charge is 0.480 e. The Hall–Kier alpha value is -2.89. The predicted molar refractivity (Wildman–Crippen MR) is 85.1 cm³/mol.